The van der Waals surface area contributed by atoms with Crippen molar-refractivity contribution in [3.8, 4) is 5.75 Å². The van der Waals surface area contributed by atoms with Gasteiger partial charge in [0.05, 0.1) is 22.2 Å². The highest BCUT2D eigenvalue weighted by molar-refractivity contribution is 7.92. The number of carboxylic acid groups (broad SMARTS) is 1. The molecule has 2 aromatic rings. The molecular weight excluding hydrogens is 377 g/mol. The summed E-state index contributed by atoms with van der Waals surface area (Å²) in [5, 5.41) is 8.99. The molecule has 0 unspecified atom stereocenters. The van der Waals surface area contributed by atoms with E-state index in [4.69, 9.17) is 33.0 Å². The van der Waals surface area contributed by atoms with Crippen molar-refractivity contribution in [2.24, 2.45) is 0 Å². The van der Waals surface area contributed by atoms with Crippen LogP contribution in [-0.2, 0) is 10.0 Å². The van der Waals surface area contributed by atoms with Crippen molar-refractivity contribution in [1.29, 1.82) is 0 Å². The van der Waals surface area contributed by atoms with Gasteiger partial charge in [0.25, 0.3) is 10.0 Å². The fraction of sp³-hybridized carbons (Fsp3) is 0.133. The SMILES string of the molecule is CCOc1cc(Cl)c(S(=O)(=O)Nc2cccc(C(=O)O)c2)cc1Cl. The van der Waals surface area contributed by atoms with E-state index in [1.165, 1.54) is 36.4 Å². The summed E-state index contributed by atoms with van der Waals surface area (Å²) in [6.07, 6.45) is 0. The van der Waals surface area contributed by atoms with Gasteiger partial charge in [0.1, 0.15) is 10.6 Å². The van der Waals surface area contributed by atoms with E-state index in [1.54, 1.807) is 6.92 Å². The molecule has 0 amide bonds. The van der Waals surface area contributed by atoms with Crippen molar-refractivity contribution in [3.05, 3.63) is 52.0 Å². The van der Waals surface area contributed by atoms with Gasteiger partial charge < -0.3 is 9.84 Å². The zero-order valence-electron chi connectivity index (χ0n) is 12.4. The minimum atomic E-state index is -4.06. The molecule has 2 N–H and O–H groups in total. The van der Waals surface area contributed by atoms with Crippen molar-refractivity contribution < 1.29 is 23.1 Å². The average molecular weight is 390 g/mol. The molecule has 0 atom stereocenters. The quantitative estimate of drug-likeness (QED) is 0.781. The summed E-state index contributed by atoms with van der Waals surface area (Å²) in [5.74, 6) is -0.894. The predicted octanol–water partition coefficient (Wildman–Crippen LogP) is 3.89. The Balaban J connectivity index is 2.39. The molecule has 0 aliphatic heterocycles. The first-order valence-corrected chi connectivity index (χ1v) is 8.96. The van der Waals surface area contributed by atoms with Crippen molar-refractivity contribution in [2.45, 2.75) is 11.8 Å². The standard InChI is InChI=1S/C15H13Cl2NO5S/c1-2-23-13-7-12(17)14(8-11(13)16)24(21,22)18-10-5-3-4-9(6-10)15(19)20/h3-8,18H,2H2,1H3,(H,19,20). The van der Waals surface area contributed by atoms with Crippen LogP contribution in [-0.4, -0.2) is 26.1 Å². The zero-order valence-corrected chi connectivity index (χ0v) is 14.7. The average Bonchev–Trinajstić information content (AvgIpc) is 2.50. The van der Waals surface area contributed by atoms with Crippen molar-refractivity contribution in [3.63, 3.8) is 0 Å². The lowest BCUT2D eigenvalue weighted by Gasteiger charge is -2.12. The molecule has 0 spiro atoms. The lowest BCUT2D eigenvalue weighted by Crippen LogP contribution is -2.14. The summed E-state index contributed by atoms with van der Waals surface area (Å²) < 4.78 is 32.5. The van der Waals surface area contributed by atoms with Crippen LogP contribution in [0.2, 0.25) is 10.0 Å². The van der Waals surface area contributed by atoms with Gasteiger partial charge in [0.15, 0.2) is 0 Å². The first-order valence-electron chi connectivity index (χ1n) is 6.72. The van der Waals surface area contributed by atoms with Crippen molar-refractivity contribution in [2.75, 3.05) is 11.3 Å². The molecule has 0 heterocycles. The molecule has 0 fully saturated rings. The van der Waals surface area contributed by atoms with Gasteiger partial charge in [-0.05, 0) is 31.2 Å². The summed E-state index contributed by atoms with van der Waals surface area (Å²) >= 11 is 12.0. The highest BCUT2D eigenvalue weighted by Crippen LogP contribution is 2.34. The molecule has 0 aromatic heterocycles. The van der Waals surface area contributed by atoms with E-state index < -0.39 is 16.0 Å². The Morgan fingerprint density at radius 3 is 2.54 bits per heavy atom. The maximum Gasteiger partial charge on any atom is 0.335 e. The normalized spacial score (nSPS) is 11.1. The molecule has 6 nitrogen and oxygen atoms in total. The summed E-state index contributed by atoms with van der Waals surface area (Å²) in [4.78, 5) is 10.7. The third kappa shape index (κ3) is 4.11. The van der Waals surface area contributed by atoms with Crippen LogP contribution >= 0.6 is 23.2 Å². The van der Waals surface area contributed by atoms with Gasteiger partial charge in [0.2, 0.25) is 0 Å². The van der Waals surface area contributed by atoms with E-state index in [-0.39, 0.29) is 31.9 Å². The number of rotatable bonds is 6. The monoisotopic (exact) mass is 389 g/mol. The fourth-order valence-electron chi connectivity index (χ4n) is 1.91. The van der Waals surface area contributed by atoms with Gasteiger partial charge >= 0.3 is 5.97 Å². The smallest absolute Gasteiger partial charge is 0.335 e. The highest BCUT2D eigenvalue weighted by Gasteiger charge is 2.21. The van der Waals surface area contributed by atoms with Gasteiger partial charge in [-0.3, -0.25) is 4.72 Å². The molecule has 0 radical (unpaired) electrons. The number of anilines is 1. The van der Waals surface area contributed by atoms with Gasteiger partial charge in [-0.1, -0.05) is 29.3 Å². The van der Waals surface area contributed by atoms with Crippen LogP contribution < -0.4 is 9.46 Å². The number of sulfonamides is 1. The summed E-state index contributed by atoms with van der Waals surface area (Å²) in [5.41, 5.74) is 0.0435. The minimum absolute atomic E-state index is 0.0500. The number of aromatic carboxylic acids is 1. The minimum Gasteiger partial charge on any atom is -0.492 e. The molecule has 0 aliphatic rings. The maximum atomic E-state index is 12.5. The molecule has 2 aromatic carbocycles. The number of hydrogen-bond acceptors (Lipinski definition) is 4. The third-order valence-corrected chi connectivity index (χ3v) is 5.08. The third-order valence-electron chi connectivity index (χ3n) is 2.94. The van der Waals surface area contributed by atoms with Crippen LogP contribution in [0.4, 0.5) is 5.69 Å². The maximum absolute atomic E-state index is 12.5. The fourth-order valence-corrected chi connectivity index (χ4v) is 3.79. The topological polar surface area (TPSA) is 92.7 Å². The molecule has 128 valence electrons. The van der Waals surface area contributed by atoms with E-state index in [0.29, 0.717) is 6.61 Å². The number of halogens is 2. The predicted molar refractivity (Wildman–Crippen MR) is 91.8 cm³/mol. The number of nitrogens with one attached hydrogen (secondary N) is 1. The number of ether oxygens (including phenoxy) is 1. The molecule has 24 heavy (non-hydrogen) atoms. The molecular formula is C15H13Cl2NO5S. The molecule has 0 saturated heterocycles. The van der Waals surface area contributed by atoms with E-state index in [9.17, 15) is 13.2 Å². The van der Waals surface area contributed by atoms with Crippen LogP contribution in [0.5, 0.6) is 5.75 Å². The number of carboxylic acids is 1. The summed E-state index contributed by atoms with van der Waals surface area (Å²) in [6, 6.07) is 7.89. The molecule has 2 rings (SSSR count). The van der Waals surface area contributed by atoms with Crippen molar-refractivity contribution in [1.82, 2.24) is 0 Å². The first kappa shape index (κ1) is 18.4. The van der Waals surface area contributed by atoms with Crippen LogP contribution in [0.15, 0.2) is 41.3 Å². The van der Waals surface area contributed by atoms with Gasteiger partial charge in [-0.2, -0.15) is 0 Å². The Hall–Kier alpha value is -1.96. The Kier molecular flexibility index (Phi) is 5.58. The zero-order chi connectivity index (χ0) is 17.9. The van der Waals surface area contributed by atoms with Gasteiger partial charge in [0, 0.05) is 11.8 Å². The first-order chi connectivity index (χ1) is 11.2. The summed E-state index contributed by atoms with van der Waals surface area (Å²) in [6.45, 7) is 2.11. The largest absolute Gasteiger partial charge is 0.492 e. The number of benzene rings is 2. The van der Waals surface area contributed by atoms with Gasteiger partial charge in [-0.25, -0.2) is 13.2 Å². The van der Waals surface area contributed by atoms with Gasteiger partial charge in [-0.15, -0.1) is 0 Å². The molecule has 0 saturated carbocycles. The number of carbonyl (C=O) groups is 1. The van der Waals surface area contributed by atoms with E-state index in [2.05, 4.69) is 4.72 Å². The Bertz CT molecular complexity index is 883. The van der Waals surface area contributed by atoms with E-state index in [1.807, 2.05) is 0 Å². The molecule has 9 heteroatoms. The van der Waals surface area contributed by atoms with Crippen LogP contribution in [0.1, 0.15) is 17.3 Å². The second kappa shape index (κ2) is 7.29. The summed E-state index contributed by atoms with van der Waals surface area (Å²) in [7, 11) is -4.06. The second-order valence-corrected chi connectivity index (χ2v) is 7.10. The lowest BCUT2D eigenvalue weighted by molar-refractivity contribution is 0.0697. The lowest BCUT2D eigenvalue weighted by atomic mass is 10.2. The van der Waals surface area contributed by atoms with Crippen LogP contribution in [0.3, 0.4) is 0 Å². The number of hydrogen-bond donors (Lipinski definition) is 2. The highest BCUT2D eigenvalue weighted by atomic mass is 35.5. The Morgan fingerprint density at radius 1 is 1.21 bits per heavy atom. The molecule has 0 aliphatic carbocycles. The Morgan fingerprint density at radius 2 is 1.92 bits per heavy atom. The van der Waals surface area contributed by atoms with Crippen LogP contribution in [0, 0.1) is 0 Å². The van der Waals surface area contributed by atoms with Crippen LogP contribution in [0.25, 0.3) is 0 Å². The molecule has 0 bridgehead atoms. The van der Waals surface area contributed by atoms with E-state index >= 15 is 0 Å². The van der Waals surface area contributed by atoms with Crippen molar-refractivity contribution >= 4 is 44.9 Å². The van der Waals surface area contributed by atoms with E-state index in [0.717, 1.165) is 0 Å². The second-order valence-electron chi connectivity index (χ2n) is 4.64. The Labute approximate surface area is 149 Å².